The number of aryl methyl sites for hydroxylation is 2. The molecule has 24 heavy (non-hydrogen) atoms. The summed E-state index contributed by atoms with van der Waals surface area (Å²) >= 11 is 0. The normalized spacial score (nSPS) is 10.1. The molecule has 0 saturated heterocycles. The lowest BCUT2D eigenvalue weighted by Gasteiger charge is -2.14. The number of anilines is 2. The Kier molecular flexibility index (Phi) is 6.37. The number of para-hydroxylation sites is 2. The third-order valence-electron chi connectivity index (χ3n) is 3.70. The fourth-order valence-corrected chi connectivity index (χ4v) is 2.44. The first kappa shape index (κ1) is 17.5. The predicted molar refractivity (Wildman–Crippen MR) is 97.3 cm³/mol. The molecule has 0 spiro atoms. The highest BCUT2D eigenvalue weighted by Gasteiger charge is 2.11. The molecule has 2 rings (SSSR count). The smallest absolute Gasteiger partial charge is 0.319 e. The highest BCUT2D eigenvalue weighted by Crippen LogP contribution is 2.22. The van der Waals surface area contributed by atoms with Crippen LogP contribution in [0.3, 0.4) is 0 Å². The monoisotopic (exact) mass is 325 g/mol. The summed E-state index contributed by atoms with van der Waals surface area (Å²) in [6, 6.07) is 14.7. The number of carbonyl (C=O) groups excluding carboxylic acids is 2. The van der Waals surface area contributed by atoms with E-state index in [1.807, 2.05) is 36.4 Å². The Labute approximate surface area is 142 Å². The van der Waals surface area contributed by atoms with E-state index in [1.54, 1.807) is 12.1 Å². The van der Waals surface area contributed by atoms with Crippen LogP contribution in [0.15, 0.2) is 48.5 Å². The minimum absolute atomic E-state index is 0.0835. The van der Waals surface area contributed by atoms with E-state index in [2.05, 4.69) is 29.8 Å². The summed E-state index contributed by atoms with van der Waals surface area (Å²) < 4.78 is 0. The van der Waals surface area contributed by atoms with E-state index >= 15 is 0 Å². The van der Waals surface area contributed by atoms with Gasteiger partial charge in [-0.1, -0.05) is 50.2 Å². The molecular weight excluding hydrogens is 302 g/mol. The summed E-state index contributed by atoms with van der Waals surface area (Å²) in [4.78, 5) is 24.0. The molecule has 3 amide bonds. The van der Waals surface area contributed by atoms with Crippen molar-refractivity contribution in [2.75, 3.05) is 17.2 Å². The molecule has 0 fully saturated rings. The number of rotatable bonds is 6. The molecule has 0 atom stereocenters. The van der Waals surface area contributed by atoms with Crippen molar-refractivity contribution >= 4 is 23.3 Å². The molecule has 0 radical (unpaired) electrons. The van der Waals surface area contributed by atoms with Crippen LogP contribution in [0.4, 0.5) is 16.2 Å². The first-order chi connectivity index (χ1) is 11.6. The van der Waals surface area contributed by atoms with Gasteiger partial charge in [-0.2, -0.15) is 0 Å². The number of benzene rings is 2. The lowest BCUT2D eigenvalue weighted by molar-refractivity contribution is -0.115. The topological polar surface area (TPSA) is 70.2 Å². The molecule has 0 bridgehead atoms. The lowest BCUT2D eigenvalue weighted by atomic mass is 10.0. The van der Waals surface area contributed by atoms with Gasteiger partial charge in [0.05, 0.1) is 6.54 Å². The van der Waals surface area contributed by atoms with Crippen LogP contribution in [0.5, 0.6) is 0 Å². The minimum atomic E-state index is -0.407. The average Bonchev–Trinajstić information content (AvgIpc) is 2.61. The van der Waals surface area contributed by atoms with Crippen molar-refractivity contribution in [3.05, 3.63) is 59.7 Å². The number of urea groups is 1. The largest absolute Gasteiger partial charge is 0.329 e. The molecule has 2 aromatic rings. The van der Waals surface area contributed by atoms with Gasteiger partial charge in [-0.25, -0.2) is 4.79 Å². The van der Waals surface area contributed by atoms with Crippen LogP contribution in [-0.4, -0.2) is 18.5 Å². The Bertz CT molecular complexity index is 677. The van der Waals surface area contributed by atoms with Crippen molar-refractivity contribution in [2.45, 2.75) is 26.7 Å². The molecule has 0 saturated carbocycles. The Morgan fingerprint density at radius 1 is 0.833 bits per heavy atom. The van der Waals surface area contributed by atoms with Gasteiger partial charge in [-0.15, -0.1) is 0 Å². The zero-order valence-electron chi connectivity index (χ0n) is 14.1. The van der Waals surface area contributed by atoms with Crippen molar-refractivity contribution in [2.24, 2.45) is 0 Å². The van der Waals surface area contributed by atoms with E-state index < -0.39 is 6.03 Å². The van der Waals surface area contributed by atoms with E-state index in [0.717, 1.165) is 29.7 Å². The maximum Gasteiger partial charge on any atom is 0.319 e. The maximum absolute atomic E-state index is 12.2. The number of amides is 3. The first-order valence-corrected chi connectivity index (χ1v) is 8.14. The fourth-order valence-electron chi connectivity index (χ4n) is 2.44. The zero-order chi connectivity index (χ0) is 17.4. The van der Waals surface area contributed by atoms with Crippen molar-refractivity contribution in [3.63, 3.8) is 0 Å². The van der Waals surface area contributed by atoms with Crippen LogP contribution >= 0.6 is 0 Å². The van der Waals surface area contributed by atoms with Gasteiger partial charge in [0.15, 0.2) is 0 Å². The zero-order valence-corrected chi connectivity index (χ0v) is 14.1. The number of hydrogen-bond donors (Lipinski definition) is 3. The molecule has 0 unspecified atom stereocenters. The lowest BCUT2D eigenvalue weighted by Crippen LogP contribution is -2.36. The van der Waals surface area contributed by atoms with Crippen LogP contribution in [0, 0.1) is 0 Å². The second kappa shape index (κ2) is 8.72. The quantitative estimate of drug-likeness (QED) is 0.760. The second-order valence-corrected chi connectivity index (χ2v) is 5.38. The molecule has 5 nitrogen and oxygen atoms in total. The van der Waals surface area contributed by atoms with Gasteiger partial charge >= 0.3 is 6.03 Å². The van der Waals surface area contributed by atoms with Gasteiger partial charge in [0, 0.05) is 11.4 Å². The summed E-state index contributed by atoms with van der Waals surface area (Å²) in [5, 5.41) is 8.16. The third-order valence-corrected chi connectivity index (χ3v) is 3.70. The first-order valence-electron chi connectivity index (χ1n) is 8.14. The summed E-state index contributed by atoms with van der Waals surface area (Å²) in [5.41, 5.74) is 3.73. The minimum Gasteiger partial charge on any atom is -0.329 e. The molecule has 5 heteroatoms. The van der Waals surface area contributed by atoms with Crippen LogP contribution in [-0.2, 0) is 17.6 Å². The average molecular weight is 325 g/mol. The summed E-state index contributed by atoms with van der Waals surface area (Å²) in [7, 11) is 0. The summed E-state index contributed by atoms with van der Waals surface area (Å²) in [6.45, 7) is 4.02. The molecule has 0 aliphatic rings. The standard InChI is InChI=1S/C19H23N3O2/c1-3-14-9-8-10-15(4-2)18(14)22-17(23)13-20-19(24)21-16-11-6-5-7-12-16/h5-12H,3-4,13H2,1-2H3,(H,22,23)(H2,20,21,24). The van der Waals surface area contributed by atoms with E-state index in [9.17, 15) is 9.59 Å². The number of nitrogens with one attached hydrogen (secondary N) is 3. The summed E-state index contributed by atoms with van der Waals surface area (Å²) in [6.07, 6.45) is 1.68. The molecule has 0 aromatic heterocycles. The molecule has 3 N–H and O–H groups in total. The second-order valence-electron chi connectivity index (χ2n) is 5.38. The molecular formula is C19H23N3O2. The van der Waals surface area contributed by atoms with Crippen molar-refractivity contribution in [1.29, 1.82) is 0 Å². The van der Waals surface area contributed by atoms with Crippen LogP contribution in [0.2, 0.25) is 0 Å². The van der Waals surface area contributed by atoms with Crippen molar-refractivity contribution in [1.82, 2.24) is 5.32 Å². The number of hydrogen-bond acceptors (Lipinski definition) is 2. The maximum atomic E-state index is 12.2. The molecule has 0 heterocycles. The summed E-state index contributed by atoms with van der Waals surface area (Å²) in [5.74, 6) is -0.242. The van der Waals surface area contributed by atoms with Crippen LogP contribution in [0.1, 0.15) is 25.0 Å². The van der Waals surface area contributed by atoms with Crippen LogP contribution < -0.4 is 16.0 Å². The van der Waals surface area contributed by atoms with E-state index in [4.69, 9.17) is 0 Å². The molecule has 2 aromatic carbocycles. The van der Waals surface area contributed by atoms with Gasteiger partial charge in [0.2, 0.25) is 5.91 Å². The van der Waals surface area contributed by atoms with Gasteiger partial charge in [0.25, 0.3) is 0 Å². The number of carbonyl (C=O) groups is 2. The van der Waals surface area contributed by atoms with E-state index in [1.165, 1.54) is 0 Å². The predicted octanol–water partition coefficient (Wildman–Crippen LogP) is 3.57. The Morgan fingerprint density at radius 2 is 1.46 bits per heavy atom. The van der Waals surface area contributed by atoms with Gasteiger partial charge < -0.3 is 16.0 Å². The van der Waals surface area contributed by atoms with Crippen LogP contribution in [0.25, 0.3) is 0 Å². The fraction of sp³-hybridized carbons (Fsp3) is 0.263. The molecule has 126 valence electrons. The SMILES string of the molecule is CCc1cccc(CC)c1NC(=O)CNC(=O)Nc1ccccc1. The Balaban J connectivity index is 1.91. The van der Waals surface area contributed by atoms with Gasteiger partial charge in [-0.05, 0) is 36.1 Å². The molecule has 0 aliphatic carbocycles. The molecule has 0 aliphatic heterocycles. The van der Waals surface area contributed by atoms with E-state index in [-0.39, 0.29) is 12.5 Å². The third kappa shape index (κ3) is 4.84. The van der Waals surface area contributed by atoms with Crippen molar-refractivity contribution < 1.29 is 9.59 Å². The van der Waals surface area contributed by atoms with Crippen molar-refractivity contribution in [3.8, 4) is 0 Å². The highest BCUT2D eigenvalue weighted by molar-refractivity contribution is 5.97. The van der Waals surface area contributed by atoms with Gasteiger partial charge in [-0.3, -0.25) is 4.79 Å². The van der Waals surface area contributed by atoms with E-state index in [0.29, 0.717) is 5.69 Å². The highest BCUT2D eigenvalue weighted by atomic mass is 16.2. The Morgan fingerprint density at radius 3 is 2.04 bits per heavy atom. The van der Waals surface area contributed by atoms with Gasteiger partial charge in [0.1, 0.15) is 0 Å². The Hall–Kier alpha value is -2.82.